The van der Waals surface area contributed by atoms with Crippen LogP contribution in [-0.2, 0) is 36.8 Å². The van der Waals surface area contributed by atoms with Crippen molar-refractivity contribution >= 4 is 54.8 Å². The van der Waals surface area contributed by atoms with Crippen LogP contribution in [-0.4, -0.2) is 97.1 Å². The molecule has 75 heavy (non-hydrogen) atoms. The van der Waals surface area contributed by atoms with Crippen molar-refractivity contribution in [2.24, 2.45) is 0 Å². The molecule has 13 nitrogen and oxygen atoms in total. The third-order valence-electron chi connectivity index (χ3n) is 11.7. The lowest BCUT2D eigenvalue weighted by molar-refractivity contribution is -0.142. The maximum Gasteiger partial charge on any atom is 0.435 e. The van der Waals surface area contributed by atoms with Gasteiger partial charge in [0, 0.05) is 42.3 Å². The summed E-state index contributed by atoms with van der Waals surface area (Å²) in [5, 5.41) is 17.7. The Bertz CT molecular complexity index is 3750. The number of morpholine rings is 1. The molecule has 0 radical (unpaired) electrons. The maximum absolute atomic E-state index is 13.8. The van der Waals surface area contributed by atoms with Gasteiger partial charge in [-0.25, -0.2) is 31.0 Å². The fourth-order valence-corrected chi connectivity index (χ4v) is 9.82. The van der Waals surface area contributed by atoms with Crippen LogP contribution < -0.4 is 0 Å². The molecular formula is C52H39Cl2F6N5O8S2. The van der Waals surface area contributed by atoms with Crippen LogP contribution in [0.25, 0.3) is 56.1 Å². The van der Waals surface area contributed by atoms with Crippen LogP contribution in [0.3, 0.4) is 0 Å². The van der Waals surface area contributed by atoms with E-state index in [1.807, 2.05) is 0 Å². The number of ether oxygens (including phenoxy) is 1. The van der Waals surface area contributed by atoms with E-state index in [0.29, 0.717) is 48.6 Å². The lowest BCUT2D eigenvalue weighted by atomic mass is 9.95. The molecule has 0 saturated carbocycles. The molecule has 1 fully saturated rings. The standard InChI is InChI=1S/C28H23ClF3N3O4S.C24H16ClF3N2O4S/c1-40(37,38)20-6-4-5-18(15-20)21-10-9-19(16-22(21)27(36)34-11-13-39-14-12-34)25-17-26(28(30,31)32)33-35(25)24-8-3-2-7-23(24)29;1-35(33,34)16-6-4-5-14(11-16)17-10-9-15(12-18(17)23(31)32)21-13-22(24(26,27)28)29-30(21)20-8-3-2-7-19(20)25/h2-10,15-17H,11-14H2,1H3;2-13H,1H3,(H,31,32). The summed E-state index contributed by atoms with van der Waals surface area (Å²) >= 11 is 12.5. The van der Waals surface area contributed by atoms with Crippen LogP contribution in [0.4, 0.5) is 26.3 Å². The predicted octanol–water partition coefficient (Wildman–Crippen LogP) is 11.7. The van der Waals surface area contributed by atoms with Gasteiger partial charge in [0.25, 0.3) is 5.91 Å². The van der Waals surface area contributed by atoms with E-state index in [2.05, 4.69) is 10.2 Å². The number of sulfone groups is 2. The molecule has 0 spiro atoms. The number of amides is 1. The highest BCUT2D eigenvalue weighted by Gasteiger charge is 2.37. The SMILES string of the molecule is CS(=O)(=O)c1cccc(-c2ccc(-c3cc(C(F)(F)F)nn3-c3ccccc3Cl)cc2C(=O)N2CCOCC2)c1.CS(=O)(=O)c1cccc(-c2ccc(-c3cc(C(F)(F)F)nn3-c3ccccc3Cl)cc2C(=O)O)c1. The number of para-hydroxylation sites is 2. The number of aromatic carboxylic acids is 1. The summed E-state index contributed by atoms with van der Waals surface area (Å²) in [6.07, 6.45) is -7.35. The number of alkyl halides is 6. The van der Waals surface area contributed by atoms with Crippen molar-refractivity contribution in [1.82, 2.24) is 24.5 Å². The molecule has 2 aromatic heterocycles. The van der Waals surface area contributed by atoms with Gasteiger partial charge in [0.2, 0.25) is 0 Å². The van der Waals surface area contributed by atoms with Gasteiger partial charge in [0.15, 0.2) is 31.1 Å². The molecule has 1 N–H and O–H groups in total. The fraction of sp³-hybridized carbons (Fsp3) is 0.154. The number of halogens is 8. The van der Waals surface area contributed by atoms with E-state index in [9.17, 15) is 57.9 Å². The molecule has 6 aromatic carbocycles. The molecule has 1 amide bonds. The van der Waals surface area contributed by atoms with E-state index in [1.165, 1.54) is 66.7 Å². The second-order valence-electron chi connectivity index (χ2n) is 16.9. The zero-order valence-electron chi connectivity index (χ0n) is 39.1. The zero-order chi connectivity index (χ0) is 54.2. The Kier molecular flexibility index (Phi) is 15.2. The van der Waals surface area contributed by atoms with E-state index in [0.717, 1.165) is 34.0 Å². The van der Waals surface area contributed by atoms with Crippen LogP contribution in [0.1, 0.15) is 32.1 Å². The number of hydrogen-bond acceptors (Lipinski definition) is 9. The number of carboxylic acid groups (broad SMARTS) is 1. The number of carbonyl (C=O) groups excluding carboxylic acids is 1. The average Bonchev–Trinajstić information content (AvgIpc) is 4.04. The van der Waals surface area contributed by atoms with Crippen molar-refractivity contribution in [3.05, 3.63) is 178 Å². The second-order valence-corrected chi connectivity index (χ2v) is 21.7. The largest absolute Gasteiger partial charge is 0.478 e. The van der Waals surface area contributed by atoms with Crippen LogP contribution in [0.5, 0.6) is 0 Å². The summed E-state index contributed by atoms with van der Waals surface area (Å²) in [5.74, 6) is -1.70. The molecule has 388 valence electrons. The van der Waals surface area contributed by atoms with Gasteiger partial charge in [-0.2, -0.15) is 36.5 Å². The Morgan fingerprint density at radius 1 is 0.547 bits per heavy atom. The summed E-state index contributed by atoms with van der Waals surface area (Å²) in [4.78, 5) is 27.5. The second kappa shape index (κ2) is 21.1. The molecule has 1 aliphatic rings. The van der Waals surface area contributed by atoms with Crippen molar-refractivity contribution < 1.29 is 62.6 Å². The van der Waals surface area contributed by atoms with Gasteiger partial charge in [-0.3, -0.25) is 4.79 Å². The van der Waals surface area contributed by atoms with Gasteiger partial charge in [-0.15, -0.1) is 0 Å². The van der Waals surface area contributed by atoms with E-state index in [1.54, 1.807) is 71.6 Å². The van der Waals surface area contributed by atoms with E-state index in [-0.39, 0.29) is 70.8 Å². The van der Waals surface area contributed by atoms with E-state index in [4.69, 9.17) is 27.9 Å². The first-order valence-electron chi connectivity index (χ1n) is 22.1. The lowest BCUT2D eigenvalue weighted by Crippen LogP contribution is -2.40. The smallest absolute Gasteiger partial charge is 0.435 e. The van der Waals surface area contributed by atoms with Gasteiger partial charge >= 0.3 is 18.3 Å². The Balaban J connectivity index is 0.000000201. The normalized spacial score (nSPS) is 13.3. The number of carboxylic acids is 1. The molecule has 0 atom stereocenters. The number of carbonyl (C=O) groups is 2. The Morgan fingerprint density at radius 2 is 0.960 bits per heavy atom. The van der Waals surface area contributed by atoms with Crippen molar-refractivity contribution in [1.29, 1.82) is 0 Å². The van der Waals surface area contributed by atoms with E-state index >= 15 is 0 Å². The molecule has 23 heteroatoms. The number of benzene rings is 6. The summed E-state index contributed by atoms with van der Waals surface area (Å²) in [6.45, 7) is 1.36. The van der Waals surface area contributed by atoms with Crippen molar-refractivity contribution in [2.45, 2.75) is 22.1 Å². The van der Waals surface area contributed by atoms with Crippen molar-refractivity contribution in [2.75, 3.05) is 38.8 Å². The van der Waals surface area contributed by atoms with Gasteiger partial charge in [0.1, 0.15) is 0 Å². The average molecular weight is 1110 g/mol. The summed E-state index contributed by atoms with van der Waals surface area (Å²) in [7, 11) is -7.08. The number of nitrogens with zero attached hydrogens (tertiary/aromatic N) is 5. The van der Waals surface area contributed by atoms with Crippen LogP contribution in [0.15, 0.2) is 155 Å². The Morgan fingerprint density at radius 3 is 1.36 bits per heavy atom. The third-order valence-corrected chi connectivity index (χ3v) is 14.6. The molecule has 1 aliphatic heterocycles. The predicted molar refractivity (Wildman–Crippen MR) is 269 cm³/mol. The number of aromatic nitrogens is 4. The summed E-state index contributed by atoms with van der Waals surface area (Å²) in [5.41, 5.74) is 0.0309. The number of hydrogen-bond donors (Lipinski definition) is 1. The molecule has 0 unspecified atom stereocenters. The Labute approximate surface area is 435 Å². The highest BCUT2D eigenvalue weighted by molar-refractivity contribution is 7.91. The third kappa shape index (κ3) is 12.0. The minimum absolute atomic E-state index is 0.00188. The van der Waals surface area contributed by atoms with Gasteiger partial charge in [-0.05, 0) is 95.1 Å². The lowest BCUT2D eigenvalue weighted by Gasteiger charge is -2.28. The Hall–Kier alpha value is -7.30. The van der Waals surface area contributed by atoms with E-state index < -0.39 is 49.4 Å². The molecule has 3 heterocycles. The van der Waals surface area contributed by atoms with Crippen LogP contribution >= 0.6 is 23.2 Å². The summed E-state index contributed by atoms with van der Waals surface area (Å²) < 4.78 is 137. The molecule has 0 aliphatic carbocycles. The summed E-state index contributed by atoms with van der Waals surface area (Å²) in [6, 6.07) is 34.9. The van der Waals surface area contributed by atoms with Crippen LogP contribution in [0.2, 0.25) is 10.0 Å². The molecule has 0 bridgehead atoms. The topological polar surface area (TPSA) is 171 Å². The molecule has 1 saturated heterocycles. The quantitative estimate of drug-likeness (QED) is 0.130. The van der Waals surface area contributed by atoms with Gasteiger partial charge < -0.3 is 14.7 Å². The fourth-order valence-electron chi connectivity index (χ4n) is 8.05. The maximum atomic E-state index is 13.8. The van der Waals surface area contributed by atoms with Gasteiger partial charge in [-0.1, -0.05) is 96.0 Å². The highest BCUT2D eigenvalue weighted by Crippen LogP contribution is 2.39. The zero-order valence-corrected chi connectivity index (χ0v) is 42.2. The molecule has 8 aromatic rings. The molecular weight excluding hydrogens is 1070 g/mol. The van der Waals surface area contributed by atoms with Crippen molar-refractivity contribution in [3.63, 3.8) is 0 Å². The first-order valence-corrected chi connectivity index (χ1v) is 26.7. The van der Waals surface area contributed by atoms with Crippen molar-refractivity contribution in [3.8, 4) is 56.1 Å². The first-order chi connectivity index (χ1) is 35.3. The first kappa shape index (κ1) is 54.0. The minimum Gasteiger partial charge on any atom is -0.478 e. The molecule has 9 rings (SSSR count). The monoisotopic (exact) mass is 1110 g/mol. The van der Waals surface area contributed by atoms with Gasteiger partial charge in [0.05, 0.1) is 61.4 Å². The van der Waals surface area contributed by atoms with Crippen LogP contribution in [0, 0.1) is 0 Å². The minimum atomic E-state index is -4.75. The highest BCUT2D eigenvalue weighted by atomic mass is 35.5. The number of rotatable bonds is 10.